The van der Waals surface area contributed by atoms with Crippen molar-refractivity contribution >= 4 is 11.9 Å². The van der Waals surface area contributed by atoms with E-state index in [1.165, 1.54) is 0 Å². The molecule has 0 aromatic heterocycles. The molecule has 0 radical (unpaired) electrons. The minimum atomic E-state index is -2.22. The van der Waals surface area contributed by atoms with Crippen LogP contribution in [0.1, 0.15) is 49.7 Å². The molecule has 0 aliphatic heterocycles. The third-order valence-corrected chi connectivity index (χ3v) is 7.61. The Kier molecular flexibility index (Phi) is 13.2. The van der Waals surface area contributed by atoms with Crippen LogP contribution in [0.25, 0.3) is 0 Å². The Morgan fingerprint density at radius 3 is 1.11 bits per heavy atom. The highest BCUT2D eigenvalue weighted by Gasteiger charge is 2.54. The predicted molar refractivity (Wildman–Crippen MR) is 174 cm³/mol. The van der Waals surface area contributed by atoms with Crippen LogP contribution in [0.3, 0.4) is 0 Å². The van der Waals surface area contributed by atoms with E-state index in [0.717, 1.165) is 11.5 Å². The summed E-state index contributed by atoms with van der Waals surface area (Å²) in [4.78, 5) is 26.3. The summed E-state index contributed by atoms with van der Waals surface area (Å²) in [7, 11) is 0. The molecule has 0 fully saturated rings. The van der Waals surface area contributed by atoms with E-state index in [9.17, 15) is 19.8 Å². The maximum atomic E-state index is 13.2. The number of para-hydroxylation sites is 2. The molecule has 8 heteroatoms. The Labute approximate surface area is 270 Å². The van der Waals surface area contributed by atoms with Gasteiger partial charge in [-0.1, -0.05) is 97.1 Å². The van der Waals surface area contributed by atoms with Gasteiger partial charge in [-0.15, -0.1) is 0 Å². The number of carbonyl (C=O) groups excluding carboxylic acids is 2. The molecule has 0 saturated heterocycles. The lowest BCUT2D eigenvalue weighted by atomic mass is 9.69. The zero-order chi connectivity index (χ0) is 32.5. The molecule has 0 aliphatic carbocycles. The van der Waals surface area contributed by atoms with Gasteiger partial charge < -0.3 is 29.2 Å². The molecular weight excluding hydrogens is 584 g/mol. The van der Waals surface area contributed by atoms with Crippen molar-refractivity contribution in [1.82, 2.24) is 0 Å². The zero-order valence-corrected chi connectivity index (χ0v) is 26.0. The number of benzene rings is 4. The summed E-state index contributed by atoms with van der Waals surface area (Å²) in [6.07, 6.45) is 1.23. The summed E-state index contributed by atoms with van der Waals surface area (Å²) in [5, 5.41) is 24.6. The highest BCUT2D eigenvalue weighted by atomic mass is 16.5. The van der Waals surface area contributed by atoms with E-state index < -0.39 is 36.0 Å². The molecule has 8 nitrogen and oxygen atoms in total. The number of ether oxygens (including phenoxy) is 4. The Bertz CT molecular complexity index is 1340. The van der Waals surface area contributed by atoms with Crippen LogP contribution in [0.5, 0.6) is 11.5 Å². The van der Waals surface area contributed by atoms with E-state index in [0.29, 0.717) is 38.9 Å². The Morgan fingerprint density at radius 2 is 0.761 bits per heavy atom. The zero-order valence-electron chi connectivity index (χ0n) is 26.0. The summed E-state index contributed by atoms with van der Waals surface area (Å²) in [5.41, 5.74) is -3.90. The number of hydrogen-bond acceptors (Lipinski definition) is 8. The van der Waals surface area contributed by atoms with Crippen LogP contribution in [0.4, 0.5) is 0 Å². The summed E-state index contributed by atoms with van der Waals surface area (Å²) in [6, 6.07) is 35.6. The van der Waals surface area contributed by atoms with E-state index in [1.54, 1.807) is 60.7 Å². The number of aliphatic hydroxyl groups is 2. The van der Waals surface area contributed by atoms with Crippen molar-refractivity contribution in [1.29, 1.82) is 0 Å². The summed E-state index contributed by atoms with van der Waals surface area (Å²) in [5.74, 6) is 0.111. The highest BCUT2D eigenvalue weighted by Crippen LogP contribution is 2.46. The third kappa shape index (κ3) is 9.92. The molecule has 0 spiro atoms. The molecule has 0 aliphatic rings. The van der Waals surface area contributed by atoms with Crippen molar-refractivity contribution in [2.24, 2.45) is 0 Å². The van der Waals surface area contributed by atoms with Gasteiger partial charge >= 0.3 is 11.9 Å². The monoisotopic (exact) mass is 626 g/mol. The molecule has 4 aromatic carbocycles. The second-order valence-corrected chi connectivity index (χ2v) is 11.0. The average molecular weight is 627 g/mol. The van der Waals surface area contributed by atoms with Gasteiger partial charge in [0.25, 0.3) is 0 Å². The van der Waals surface area contributed by atoms with Crippen molar-refractivity contribution in [3.63, 3.8) is 0 Å². The summed E-state index contributed by atoms with van der Waals surface area (Å²) < 4.78 is 22.3. The second-order valence-electron chi connectivity index (χ2n) is 11.0. The molecule has 0 amide bonds. The van der Waals surface area contributed by atoms with Crippen LogP contribution in [-0.2, 0) is 30.3 Å². The normalized spacial score (nSPS) is 13.5. The molecule has 0 bridgehead atoms. The van der Waals surface area contributed by atoms with E-state index >= 15 is 0 Å². The lowest BCUT2D eigenvalue weighted by Crippen LogP contribution is -2.52. The van der Waals surface area contributed by atoms with Gasteiger partial charge in [0.2, 0.25) is 0 Å². The molecule has 2 N–H and O–H groups in total. The van der Waals surface area contributed by atoms with Crippen molar-refractivity contribution in [2.45, 2.75) is 49.7 Å². The van der Waals surface area contributed by atoms with Gasteiger partial charge in [-0.2, -0.15) is 0 Å². The first-order valence-electron chi connectivity index (χ1n) is 15.6. The first-order valence-corrected chi connectivity index (χ1v) is 15.6. The minimum absolute atomic E-state index is 0.113. The summed E-state index contributed by atoms with van der Waals surface area (Å²) >= 11 is 0. The molecular formula is C38H42O8. The second kappa shape index (κ2) is 17.7. The molecule has 2 atom stereocenters. The van der Waals surface area contributed by atoms with Crippen molar-refractivity contribution in [3.8, 4) is 11.5 Å². The third-order valence-electron chi connectivity index (χ3n) is 7.61. The van der Waals surface area contributed by atoms with E-state index in [-0.39, 0.29) is 24.3 Å². The smallest absolute Gasteiger partial charge is 0.309 e. The highest BCUT2D eigenvalue weighted by molar-refractivity contribution is 5.74. The number of unbranched alkanes of at least 4 members (excludes halogenated alkanes) is 2. The number of esters is 2. The fourth-order valence-electron chi connectivity index (χ4n) is 5.12. The van der Waals surface area contributed by atoms with Crippen LogP contribution >= 0.6 is 0 Å². The number of rotatable bonds is 19. The standard InChI is InChI=1S/C38H42O8/c39-35(45-27-15-13-25-43-33-21-9-3-10-22-33)29-37(41,31-17-5-1-6-18-31)38(42,32-19-7-2-8-20-32)30-36(40)46-28-16-14-26-44-34-23-11-4-12-24-34/h1-12,17-24,41-42H,13-16,25-30H2. The van der Waals surface area contributed by atoms with Gasteiger partial charge in [0, 0.05) is 0 Å². The fraction of sp³-hybridized carbons (Fsp3) is 0.316. The Hall–Kier alpha value is -4.66. The van der Waals surface area contributed by atoms with E-state index in [1.807, 2.05) is 60.7 Å². The lowest BCUT2D eigenvalue weighted by molar-refractivity contribution is -0.196. The largest absolute Gasteiger partial charge is 0.494 e. The number of carbonyl (C=O) groups is 2. The quantitative estimate of drug-likeness (QED) is 0.0916. The maximum Gasteiger partial charge on any atom is 0.309 e. The van der Waals surface area contributed by atoms with Gasteiger partial charge in [-0.25, -0.2) is 0 Å². The molecule has 242 valence electrons. The number of hydrogen-bond donors (Lipinski definition) is 2. The molecule has 2 unspecified atom stereocenters. The minimum Gasteiger partial charge on any atom is -0.494 e. The molecule has 46 heavy (non-hydrogen) atoms. The molecule has 4 rings (SSSR count). The Morgan fingerprint density at radius 1 is 0.457 bits per heavy atom. The van der Waals surface area contributed by atoms with E-state index in [2.05, 4.69) is 0 Å². The van der Waals surface area contributed by atoms with Crippen LogP contribution in [-0.4, -0.2) is 48.6 Å². The topological polar surface area (TPSA) is 112 Å². The fourth-order valence-corrected chi connectivity index (χ4v) is 5.12. The maximum absolute atomic E-state index is 13.2. The average Bonchev–Trinajstić information content (AvgIpc) is 3.09. The molecule has 4 aromatic rings. The summed E-state index contributed by atoms with van der Waals surface area (Å²) in [6.45, 7) is 1.15. The lowest BCUT2D eigenvalue weighted by Gasteiger charge is -2.43. The van der Waals surface area contributed by atoms with Gasteiger partial charge in [-0.3, -0.25) is 9.59 Å². The van der Waals surface area contributed by atoms with Crippen LogP contribution in [0.15, 0.2) is 121 Å². The molecule has 0 saturated carbocycles. The first-order chi connectivity index (χ1) is 22.4. The van der Waals surface area contributed by atoms with Gasteiger partial charge in [0.05, 0.1) is 39.3 Å². The SMILES string of the molecule is O=C(CC(O)(c1ccccc1)C(O)(CC(=O)OCCCCOc1ccccc1)c1ccccc1)OCCCCOc1ccccc1. The van der Waals surface area contributed by atoms with Crippen molar-refractivity contribution in [2.75, 3.05) is 26.4 Å². The van der Waals surface area contributed by atoms with E-state index in [4.69, 9.17) is 18.9 Å². The Balaban J connectivity index is 1.38. The van der Waals surface area contributed by atoms with Crippen molar-refractivity contribution in [3.05, 3.63) is 132 Å². The van der Waals surface area contributed by atoms with Gasteiger partial charge in [0.1, 0.15) is 22.7 Å². The van der Waals surface area contributed by atoms with Gasteiger partial charge in [-0.05, 0) is 61.1 Å². The van der Waals surface area contributed by atoms with Gasteiger partial charge in [0.15, 0.2) is 0 Å². The predicted octanol–water partition coefficient (Wildman–Crippen LogP) is 6.35. The van der Waals surface area contributed by atoms with Crippen LogP contribution in [0, 0.1) is 0 Å². The molecule has 0 heterocycles. The first kappa shape index (κ1) is 34.2. The van der Waals surface area contributed by atoms with Crippen LogP contribution in [0.2, 0.25) is 0 Å². The van der Waals surface area contributed by atoms with Crippen molar-refractivity contribution < 1.29 is 38.7 Å². The van der Waals surface area contributed by atoms with Crippen LogP contribution < -0.4 is 9.47 Å².